The van der Waals surface area contributed by atoms with Crippen LogP contribution in [0.5, 0.6) is 0 Å². The number of benzene rings is 1. The van der Waals surface area contributed by atoms with Crippen LogP contribution in [0.15, 0.2) is 41.2 Å². The van der Waals surface area contributed by atoms with Crippen LogP contribution in [-0.4, -0.2) is 20.6 Å². The van der Waals surface area contributed by atoms with Gasteiger partial charge in [0.1, 0.15) is 0 Å². The molecule has 1 aromatic carbocycles. The largest absolute Gasteiger partial charge is 0.359 e. The number of aromatic nitrogens is 3. The predicted molar refractivity (Wildman–Crippen MR) is 67.0 cm³/mol. The van der Waals surface area contributed by atoms with E-state index in [-0.39, 0.29) is 5.69 Å². The predicted octanol–water partition coefficient (Wildman–Crippen LogP) is 0.676. The van der Waals surface area contributed by atoms with Crippen LogP contribution in [0, 0.1) is 0 Å². The minimum atomic E-state index is -0.481. The lowest BCUT2D eigenvalue weighted by atomic mass is 10.3. The van der Waals surface area contributed by atoms with Crippen molar-refractivity contribution in [2.75, 3.05) is 0 Å². The lowest BCUT2D eigenvalue weighted by Crippen LogP contribution is -2.30. The van der Waals surface area contributed by atoms with Crippen molar-refractivity contribution in [3.63, 3.8) is 0 Å². The molecule has 0 atom stereocenters. The summed E-state index contributed by atoms with van der Waals surface area (Å²) in [6.45, 7) is 0.450. The Labute approximate surface area is 108 Å². The molecule has 7 nitrogen and oxygen atoms in total. The van der Waals surface area contributed by atoms with Crippen molar-refractivity contribution in [2.45, 2.75) is 6.54 Å². The number of amides is 1. The number of hydrogen-bond donors (Lipinski definition) is 2. The molecule has 0 aliphatic carbocycles. The summed E-state index contributed by atoms with van der Waals surface area (Å²) in [5.74, 6) is 5.10. The number of fused-ring (bicyclic) bond motifs is 1. The molecule has 0 saturated carbocycles. The van der Waals surface area contributed by atoms with Gasteiger partial charge < -0.3 is 9.09 Å². The molecule has 3 aromatic rings. The van der Waals surface area contributed by atoms with E-state index in [2.05, 4.69) is 10.1 Å². The fraction of sp³-hybridized carbons (Fsp3) is 0.0833. The highest BCUT2D eigenvalue weighted by Gasteiger charge is 2.12. The van der Waals surface area contributed by atoms with E-state index >= 15 is 0 Å². The number of carbonyl (C=O) groups excluding carboxylic acids is 1. The normalized spacial score (nSPS) is 10.8. The van der Waals surface area contributed by atoms with E-state index in [1.165, 1.54) is 0 Å². The van der Waals surface area contributed by atoms with E-state index in [0.29, 0.717) is 12.3 Å². The van der Waals surface area contributed by atoms with Gasteiger partial charge in [0.05, 0.1) is 23.9 Å². The fourth-order valence-electron chi connectivity index (χ4n) is 1.87. The van der Waals surface area contributed by atoms with Gasteiger partial charge in [0, 0.05) is 6.07 Å². The fourth-order valence-corrected chi connectivity index (χ4v) is 1.87. The number of hydrazine groups is 1. The Kier molecular flexibility index (Phi) is 2.73. The molecule has 2 aromatic heterocycles. The Morgan fingerprint density at radius 1 is 1.42 bits per heavy atom. The number of nitrogens with two attached hydrogens (primary N) is 1. The zero-order valence-electron chi connectivity index (χ0n) is 9.91. The molecule has 0 saturated heterocycles. The van der Waals surface area contributed by atoms with Crippen molar-refractivity contribution in [1.82, 2.24) is 20.1 Å². The number of carbonyl (C=O) groups is 1. The summed E-state index contributed by atoms with van der Waals surface area (Å²) in [5.41, 5.74) is 4.05. The summed E-state index contributed by atoms with van der Waals surface area (Å²) in [5, 5.41) is 3.65. The molecule has 3 rings (SSSR count). The Hall–Kier alpha value is -2.67. The van der Waals surface area contributed by atoms with Crippen molar-refractivity contribution in [2.24, 2.45) is 5.84 Å². The van der Waals surface area contributed by atoms with Crippen LogP contribution in [0.25, 0.3) is 11.0 Å². The Bertz CT molecular complexity index is 730. The van der Waals surface area contributed by atoms with Crippen molar-refractivity contribution >= 4 is 16.9 Å². The molecule has 0 aliphatic rings. The molecule has 19 heavy (non-hydrogen) atoms. The quantitative estimate of drug-likeness (QED) is 0.408. The summed E-state index contributed by atoms with van der Waals surface area (Å²) in [6, 6.07) is 9.31. The van der Waals surface area contributed by atoms with Gasteiger partial charge in [-0.3, -0.25) is 10.2 Å². The van der Waals surface area contributed by atoms with Gasteiger partial charge in [-0.1, -0.05) is 17.3 Å². The maximum absolute atomic E-state index is 11.3. The van der Waals surface area contributed by atoms with E-state index in [1.54, 1.807) is 12.4 Å². The first-order chi connectivity index (χ1) is 9.28. The van der Waals surface area contributed by atoms with Crippen molar-refractivity contribution in [3.8, 4) is 0 Å². The van der Waals surface area contributed by atoms with Crippen LogP contribution in [0.3, 0.4) is 0 Å². The average molecular weight is 257 g/mol. The van der Waals surface area contributed by atoms with Crippen molar-refractivity contribution < 1.29 is 9.32 Å². The van der Waals surface area contributed by atoms with E-state index in [9.17, 15) is 4.79 Å². The summed E-state index contributed by atoms with van der Waals surface area (Å²) in [6.07, 6.45) is 1.72. The van der Waals surface area contributed by atoms with Gasteiger partial charge in [-0.25, -0.2) is 10.8 Å². The van der Waals surface area contributed by atoms with Crippen LogP contribution in [-0.2, 0) is 6.54 Å². The molecule has 0 unspecified atom stereocenters. The third-order valence-electron chi connectivity index (χ3n) is 2.78. The maximum atomic E-state index is 11.3. The number of para-hydroxylation sites is 2. The average Bonchev–Trinajstić information content (AvgIpc) is 3.06. The minimum Gasteiger partial charge on any atom is -0.359 e. The Balaban J connectivity index is 1.89. The summed E-state index contributed by atoms with van der Waals surface area (Å²) < 4.78 is 7.01. The SMILES string of the molecule is NNC(=O)c1cc(Cn2cnc3ccccc32)on1. The van der Waals surface area contributed by atoms with Gasteiger partial charge in [0.2, 0.25) is 0 Å². The molecule has 2 heterocycles. The highest BCUT2D eigenvalue weighted by atomic mass is 16.5. The van der Waals surface area contributed by atoms with Crippen molar-refractivity contribution in [1.29, 1.82) is 0 Å². The number of hydrogen-bond acceptors (Lipinski definition) is 5. The smallest absolute Gasteiger partial charge is 0.287 e. The second-order valence-corrected chi connectivity index (χ2v) is 4.01. The van der Waals surface area contributed by atoms with Crippen LogP contribution < -0.4 is 11.3 Å². The Morgan fingerprint density at radius 2 is 2.26 bits per heavy atom. The van der Waals surface area contributed by atoms with Gasteiger partial charge in [-0.15, -0.1) is 0 Å². The van der Waals surface area contributed by atoms with Gasteiger partial charge >= 0.3 is 0 Å². The number of nitrogens with one attached hydrogen (secondary N) is 1. The summed E-state index contributed by atoms with van der Waals surface area (Å²) in [7, 11) is 0. The lowest BCUT2D eigenvalue weighted by molar-refractivity contribution is 0.0944. The molecular formula is C12H11N5O2. The van der Waals surface area contributed by atoms with E-state index in [0.717, 1.165) is 11.0 Å². The highest BCUT2D eigenvalue weighted by molar-refractivity contribution is 5.91. The molecule has 0 bridgehead atoms. The molecule has 0 aliphatic heterocycles. The molecule has 0 radical (unpaired) electrons. The Morgan fingerprint density at radius 3 is 3.11 bits per heavy atom. The standard InChI is InChI=1S/C12H11N5O2/c13-15-12(18)10-5-8(19-16-10)6-17-7-14-9-3-1-2-4-11(9)17/h1-5,7H,6,13H2,(H,15,18). The topological polar surface area (TPSA) is 99.0 Å². The first-order valence-electron chi connectivity index (χ1n) is 5.64. The lowest BCUT2D eigenvalue weighted by Gasteiger charge is -1.99. The maximum Gasteiger partial charge on any atom is 0.287 e. The second kappa shape index (κ2) is 4.54. The molecule has 1 amide bonds. The van der Waals surface area contributed by atoms with Gasteiger partial charge in [0.15, 0.2) is 11.5 Å². The summed E-state index contributed by atoms with van der Waals surface area (Å²) >= 11 is 0. The van der Waals surface area contributed by atoms with Crippen LogP contribution in [0.2, 0.25) is 0 Å². The second-order valence-electron chi connectivity index (χ2n) is 4.01. The highest BCUT2D eigenvalue weighted by Crippen LogP contribution is 2.14. The van der Waals surface area contributed by atoms with Crippen LogP contribution in [0.1, 0.15) is 16.2 Å². The summed E-state index contributed by atoms with van der Waals surface area (Å²) in [4.78, 5) is 15.5. The first kappa shape index (κ1) is 11.4. The third kappa shape index (κ3) is 2.06. The number of nitrogens with zero attached hydrogens (tertiary/aromatic N) is 3. The zero-order chi connectivity index (χ0) is 13.2. The van der Waals surface area contributed by atoms with Gasteiger partial charge in [0.25, 0.3) is 5.91 Å². The number of rotatable bonds is 3. The van der Waals surface area contributed by atoms with Crippen molar-refractivity contribution in [3.05, 3.63) is 48.1 Å². The van der Waals surface area contributed by atoms with E-state index < -0.39 is 5.91 Å². The number of imidazole rings is 1. The molecule has 3 N–H and O–H groups in total. The van der Waals surface area contributed by atoms with Crippen LogP contribution in [0.4, 0.5) is 0 Å². The zero-order valence-corrected chi connectivity index (χ0v) is 9.91. The van der Waals surface area contributed by atoms with E-state index in [4.69, 9.17) is 10.4 Å². The molecule has 7 heteroatoms. The molecule has 96 valence electrons. The minimum absolute atomic E-state index is 0.155. The molecular weight excluding hydrogens is 246 g/mol. The van der Waals surface area contributed by atoms with Crippen LogP contribution >= 0.6 is 0 Å². The molecule has 0 fully saturated rings. The molecule has 0 spiro atoms. The van der Waals surface area contributed by atoms with Gasteiger partial charge in [-0.2, -0.15) is 0 Å². The monoisotopic (exact) mass is 257 g/mol. The number of nitrogen functional groups attached to an aromatic ring is 1. The third-order valence-corrected chi connectivity index (χ3v) is 2.78. The van der Waals surface area contributed by atoms with Gasteiger partial charge in [-0.05, 0) is 12.1 Å². The van der Waals surface area contributed by atoms with E-state index in [1.807, 2.05) is 34.3 Å². The first-order valence-corrected chi connectivity index (χ1v) is 5.64.